The first-order chi connectivity index (χ1) is 11.0. The Balaban J connectivity index is 0.00000208. The number of hydrogen-bond acceptors (Lipinski definition) is 3. The Kier molecular flexibility index (Phi) is 5.97. The summed E-state index contributed by atoms with van der Waals surface area (Å²) in [4.78, 5) is 14.2. The first-order valence-corrected chi connectivity index (χ1v) is 8.18. The van der Waals surface area contributed by atoms with E-state index in [1.165, 1.54) is 0 Å². The largest absolute Gasteiger partial charge is 0.483 e. The van der Waals surface area contributed by atoms with Gasteiger partial charge in [0.1, 0.15) is 5.75 Å². The fourth-order valence-electron chi connectivity index (χ4n) is 2.99. The number of amides is 1. The predicted molar refractivity (Wildman–Crippen MR) is 100 cm³/mol. The van der Waals surface area contributed by atoms with Crippen LogP contribution in [0.5, 0.6) is 5.75 Å². The minimum absolute atomic E-state index is 0. The van der Waals surface area contributed by atoms with Crippen molar-refractivity contribution in [3.63, 3.8) is 0 Å². The van der Waals surface area contributed by atoms with E-state index in [-0.39, 0.29) is 30.3 Å². The molecule has 4 nitrogen and oxygen atoms in total. The monoisotopic (exact) mass is 368 g/mol. The number of carbonyl (C=O) groups is 1. The number of halogens is 2. The third kappa shape index (κ3) is 3.77. The number of hydrogen-bond donors (Lipinski definition) is 1. The molecule has 1 atom stereocenters. The van der Waals surface area contributed by atoms with Crippen LogP contribution < -0.4 is 10.5 Å². The maximum atomic E-state index is 12.4. The number of nitrogens with zero attached hydrogens (tertiary/aromatic N) is 1. The highest BCUT2D eigenvalue weighted by Crippen LogP contribution is 2.32. The zero-order valence-electron chi connectivity index (χ0n) is 13.6. The van der Waals surface area contributed by atoms with E-state index in [1.54, 1.807) is 6.07 Å². The molecule has 24 heavy (non-hydrogen) atoms. The van der Waals surface area contributed by atoms with Crippen molar-refractivity contribution in [1.82, 2.24) is 4.90 Å². The number of likely N-dealkylation sites (tertiary alicyclic amines) is 1. The highest BCUT2D eigenvalue weighted by molar-refractivity contribution is 6.35. The first-order valence-electron chi connectivity index (χ1n) is 7.80. The standard InChI is InChI=1S/C18H21ClN2O2.ClH/c1-18(11-20)8-9-21(12-18)17(22)10-23-16-7-6-15(19)13-4-2-3-5-14(13)16;/h2-7H,8-12,20H2,1H3;1H. The molecule has 1 heterocycles. The molecule has 1 amide bonds. The zero-order valence-corrected chi connectivity index (χ0v) is 15.2. The quantitative estimate of drug-likeness (QED) is 0.898. The van der Waals surface area contributed by atoms with Gasteiger partial charge in [0.15, 0.2) is 6.61 Å². The molecular weight excluding hydrogens is 347 g/mol. The highest BCUT2D eigenvalue weighted by atomic mass is 35.5. The van der Waals surface area contributed by atoms with Crippen LogP contribution in [0.1, 0.15) is 13.3 Å². The molecule has 1 aliphatic heterocycles. The summed E-state index contributed by atoms with van der Waals surface area (Å²) in [7, 11) is 0. The van der Waals surface area contributed by atoms with Gasteiger partial charge in [0.05, 0.1) is 0 Å². The number of rotatable bonds is 4. The van der Waals surface area contributed by atoms with Gasteiger partial charge in [-0.3, -0.25) is 4.79 Å². The summed E-state index contributed by atoms with van der Waals surface area (Å²) in [6, 6.07) is 11.4. The molecule has 0 aliphatic carbocycles. The topological polar surface area (TPSA) is 55.6 Å². The summed E-state index contributed by atoms with van der Waals surface area (Å²) in [5, 5.41) is 2.52. The Bertz CT molecular complexity index is 738. The van der Waals surface area contributed by atoms with Crippen molar-refractivity contribution < 1.29 is 9.53 Å². The average Bonchev–Trinajstić information content (AvgIpc) is 2.97. The molecule has 2 N–H and O–H groups in total. The normalized spacial score (nSPS) is 20.0. The van der Waals surface area contributed by atoms with Crippen LogP contribution in [0.4, 0.5) is 0 Å². The lowest BCUT2D eigenvalue weighted by Gasteiger charge is -2.22. The summed E-state index contributed by atoms with van der Waals surface area (Å²) in [6.45, 7) is 4.20. The molecule has 0 bridgehead atoms. The molecule has 0 saturated carbocycles. The lowest BCUT2D eigenvalue weighted by atomic mass is 9.90. The molecule has 1 aliphatic rings. The number of ether oxygens (including phenoxy) is 1. The molecule has 130 valence electrons. The zero-order chi connectivity index (χ0) is 16.4. The van der Waals surface area contributed by atoms with Crippen molar-refractivity contribution in [2.75, 3.05) is 26.2 Å². The van der Waals surface area contributed by atoms with Crippen molar-refractivity contribution in [2.24, 2.45) is 11.1 Å². The van der Waals surface area contributed by atoms with Crippen molar-refractivity contribution in [3.8, 4) is 5.75 Å². The van der Waals surface area contributed by atoms with Crippen LogP contribution in [-0.2, 0) is 4.79 Å². The average molecular weight is 369 g/mol. The summed E-state index contributed by atoms with van der Waals surface area (Å²) in [6.07, 6.45) is 0.944. The van der Waals surface area contributed by atoms with Crippen molar-refractivity contribution in [1.29, 1.82) is 0 Å². The SMILES string of the molecule is CC1(CN)CCN(C(=O)COc2ccc(Cl)c3ccccc23)C1.Cl. The number of benzene rings is 2. The molecule has 3 rings (SSSR count). The number of fused-ring (bicyclic) bond motifs is 1. The fraction of sp³-hybridized carbons (Fsp3) is 0.389. The highest BCUT2D eigenvalue weighted by Gasteiger charge is 2.34. The van der Waals surface area contributed by atoms with Gasteiger partial charge in [0.2, 0.25) is 0 Å². The van der Waals surface area contributed by atoms with Crippen LogP contribution in [0.25, 0.3) is 10.8 Å². The molecule has 1 saturated heterocycles. The van der Waals surface area contributed by atoms with Crippen LogP contribution in [0.3, 0.4) is 0 Å². The molecule has 2 aromatic carbocycles. The fourth-order valence-corrected chi connectivity index (χ4v) is 3.22. The molecule has 6 heteroatoms. The second-order valence-electron chi connectivity index (χ2n) is 6.46. The number of carbonyl (C=O) groups excluding carboxylic acids is 1. The molecule has 1 unspecified atom stereocenters. The van der Waals surface area contributed by atoms with Gasteiger partial charge in [-0.15, -0.1) is 12.4 Å². The summed E-state index contributed by atoms with van der Waals surface area (Å²) in [5.74, 6) is 0.681. The van der Waals surface area contributed by atoms with E-state index in [1.807, 2.05) is 35.2 Å². The van der Waals surface area contributed by atoms with E-state index in [2.05, 4.69) is 6.92 Å². The van der Waals surface area contributed by atoms with Crippen LogP contribution >= 0.6 is 24.0 Å². The Hall–Kier alpha value is -1.49. The third-order valence-electron chi connectivity index (χ3n) is 4.59. The second-order valence-corrected chi connectivity index (χ2v) is 6.87. The van der Waals surface area contributed by atoms with Crippen molar-refractivity contribution in [3.05, 3.63) is 41.4 Å². The Morgan fingerprint density at radius 1 is 1.29 bits per heavy atom. The third-order valence-corrected chi connectivity index (χ3v) is 4.91. The van der Waals surface area contributed by atoms with E-state index in [4.69, 9.17) is 22.1 Å². The first kappa shape index (κ1) is 18.8. The molecule has 2 aromatic rings. The van der Waals surface area contributed by atoms with Crippen LogP contribution in [0, 0.1) is 5.41 Å². The van der Waals surface area contributed by atoms with E-state index in [9.17, 15) is 4.79 Å². The number of nitrogens with two attached hydrogens (primary N) is 1. The predicted octanol–water partition coefficient (Wildman–Crippen LogP) is 3.49. The van der Waals surface area contributed by atoms with E-state index in [0.717, 1.165) is 23.7 Å². The summed E-state index contributed by atoms with van der Waals surface area (Å²) in [5.41, 5.74) is 5.82. The van der Waals surface area contributed by atoms with Gasteiger partial charge >= 0.3 is 0 Å². The van der Waals surface area contributed by atoms with Gasteiger partial charge < -0.3 is 15.4 Å². The van der Waals surface area contributed by atoms with E-state index in [0.29, 0.717) is 23.9 Å². The van der Waals surface area contributed by atoms with Crippen LogP contribution in [-0.4, -0.2) is 37.0 Å². The van der Waals surface area contributed by atoms with Gasteiger partial charge in [-0.25, -0.2) is 0 Å². The summed E-state index contributed by atoms with van der Waals surface area (Å²) < 4.78 is 5.77. The second kappa shape index (κ2) is 7.60. The minimum atomic E-state index is 0. The van der Waals surface area contributed by atoms with Gasteiger partial charge in [0.25, 0.3) is 5.91 Å². The van der Waals surface area contributed by atoms with E-state index < -0.39 is 0 Å². The van der Waals surface area contributed by atoms with Gasteiger partial charge in [-0.05, 0) is 30.5 Å². The van der Waals surface area contributed by atoms with Gasteiger partial charge in [0, 0.05) is 28.9 Å². The molecule has 0 radical (unpaired) electrons. The Labute approximate surface area is 153 Å². The van der Waals surface area contributed by atoms with Crippen molar-refractivity contribution in [2.45, 2.75) is 13.3 Å². The lowest BCUT2D eigenvalue weighted by molar-refractivity contribution is -0.132. The Morgan fingerprint density at radius 3 is 2.67 bits per heavy atom. The molecule has 0 spiro atoms. The van der Waals surface area contributed by atoms with Gasteiger partial charge in [-0.2, -0.15) is 0 Å². The minimum Gasteiger partial charge on any atom is -0.483 e. The molecule has 0 aromatic heterocycles. The van der Waals surface area contributed by atoms with Gasteiger partial charge in [-0.1, -0.05) is 42.8 Å². The molecule has 1 fully saturated rings. The molecular formula is C18H22Cl2N2O2. The van der Waals surface area contributed by atoms with Crippen LogP contribution in [0.2, 0.25) is 5.02 Å². The van der Waals surface area contributed by atoms with Crippen LogP contribution in [0.15, 0.2) is 36.4 Å². The summed E-state index contributed by atoms with van der Waals surface area (Å²) >= 11 is 6.20. The smallest absolute Gasteiger partial charge is 0.260 e. The maximum absolute atomic E-state index is 12.4. The maximum Gasteiger partial charge on any atom is 0.260 e. The van der Waals surface area contributed by atoms with E-state index >= 15 is 0 Å². The lowest BCUT2D eigenvalue weighted by Crippen LogP contribution is -2.36. The van der Waals surface area contributed by atoms with Crippen molar-refractivity contribution >= 4 is 40.7 Å². The Morgan fingerprint density at radius 2 is 2.00 bits per heavy atom.